The summed E-state index contributed by atoms with van der Waals surface area (Å²) in [5.74, 6) is -1.54. The van der Waals surface area contributed by atoms with E-state index in [1.165, 1.54) is 4.90 Å². The Labute approximate surface area is 190 Å². The van der Waals surface area contributed by atoms with Crippen LogP contribution in [0.15, 0.2) is 60.7 Å². The predicted molar refractivity (Wildman–Crippen MR) is 123 cm³/mol. The highest BCUT2D eigenvalue weighted by Gasteiger charge is 2.67. The van der Waals surface area contributed by atoms with Crippen molar-refractivity contribution < 1.29 is 14.3 Å². The standard InChI is InChI=1S/C23H20ClN3O3S/c1-13-2-8-16(9-3-13)27-20(28)18-17-10-11-23(30-17,19(18)21(27)29)12-25-22(31)26-15-6-4-14(24)5-7-15/h2-11,17-19H,12H2,1H3,(H2,25,26,31)/t17-,18-,19+,23+/m1/s1. The van der Waals surface area contributed by atoms with Crippen molar-refractivity contribution in [1.82, 2.24) is 5.32 Å². The third-order valence-corrected chi connectivity index (χ3v) is 6.57. The van der Waals surface area contributed by atoms with Gasteiger partial charge in [0.2, 0.25) is 11.8 Å². The van der Waals surface area contributed by atoms with E-state index in [0.29, 0.717) is 15.8 Å². The van der Waals surface area contributed by atoms with E-state index in [4.69, 9.17) is 28.6 Å². The van der Waals surface area contributed by atoms with E-state index >= 15 is 0 Å². The van der Waals surface area contributed by atoms with Crippen molar-refractivity contribution in [1.29, 1.82) is 0 Å². The van der Waals surface area contributed by atoms with Crippen LogP contribution in [0.25, 0.3) is 0 Å². The number of amides is 2. The molecule has 8 heteroatoms. The lowest BCUT2D eigenvalue weighted by Crippen LogP contribution is -2.49. The van der Waals surface area contributed by atoms with E-state index < -0.39 is 23.5 Å². The molecule has 2 saturated heterocycles. The van der Waals surface area contributed by atoms with E-state index in [0.717, 1.165) is 11.3 Å². The van der Waals surface area contributed by atoms with Crippen molar-refractivity contribution >= 4 is 52.1 Å². The molecule has 4 atom stereocenters. The van der Waals surface area contributed by atoms with Crippen molar-refractivity contribution in [3.05, 3.63) is 71.3 Å². The van der Waals surface area contributed by atoms with Crippen LogP contribution in [0.3, 0.4) is 0 Å². The maximum atomic E-state index is 13.3. The molecule has 2 fully saturated rings. The number of hydrogen-bond acceptors (Lipinski definition) is 4. The van der Waals surface area contributed by atoms with Gasteiger partial charge in [-0.2, -0.15) is 0 Å². The van der Waals surface area contributed by atoms with Crippen LogP contribution in [0, 0.1) is 18.8 Å². The predicted octanol–water partition coefficient (Wildman–Crippen LogP) is 3.45. The number of rotatable bonds is 4. The number of ether oxygens (including phenoxy) is 1. The summed E-state index contributed by atoms with van der Waals surface area (Å²) in [7, 11) is 0. The zero-order valence-corrected chi connectivity index (χ0v) is 18.2. The lowest BCUT2D eigenvalue weighted by molar-refractivity contribution is -0.126. The van der Waals surface area contributed by atoms with Crippen molar-refractivity contribution in [3.8, 4) is 0 Å². The Morgan fingerprint density at radius 2 is 1.84 bits per heavy atom. The van der Waals surface area contributed by atoms with E-state index in [1.807, 2.05) is 43.3 Å². The molecule has 0 aliphatic carbocycles. The van der Waals surface area contributed by atoms with E-state index in [9.17, 15) is 9.59 Å². The zero-order valence-electron chi connectivity index (χ0n) is 16.7. The first-order chi connectivity index (χ1) is 14.9. The highest BCUT2D eigenvalue weighted by Crippen LogP contribution is 2.52. The lowest BCUT2D eigenvalue weighted by atomic mass is 9.77. The van der Waals surface area contributed by atoms with Gasteiger partial charge in [0, 0.05) is 10.7 Å². The van der Waals surface area contributed by atoms with Gasteiger partial charge in [-0.05, 0) is 55.5 Å². The number of benzene rings is 2. The second-order valence-corrected chi connectivity index (χ2v) is 8.91. The van der Waals surface area contributed by atoms with Gasteiger partial charge in [0.05, 0.1) is 30.2 Å². The van der Waals surface area contributed by atoms with Crippen LogP contribution in [-0.2, 0) is 14.3 Å². The van der Waals surface area contributed by atoms with Gasteiger partial charge in [0.1, 0.15) is 5.60 Å². The average molecular weight is 454 g/mol. The third kappa shape index (κ3) is 3.33. The number of thiocarbonyl (C=S) groups is 1. The number of nitrogens with zero attached hydrogens (tertiary/aromatic N) is 1. The number of fused-ring (bicyclic) bond motifs is 5. The van der Waals surface area contributed by atoms with Gasteiger partial charge in [-0.25, -0.2) is 4.90 Å². The summed E-state index contributed by atoms with van der Waals surface area (Å²) >= 11 is 11.3. The number of aryl methyl sites for hydroxylation is 1. The molecule has 5 rings (SSSR count). The summed E-state index contributed by atoms with van der Waals surface area (Å²) in [5, 5.41) is 7.27. The minimum atomic E-state index is -0.909. The minimum Gasteiger partial charge on any atom is -0.360 e. The molecular weight excluding hydrogens is 434 g/mol. The zero-order chi connectivity index (χ0) is 21.8. The van der Waals surface area contributed by atoms with E-state index in [-0.39, 0.29) is 18.4 Å². The maximum absolute atomic E-state index is 13.3. The molecule has 6 nitrogen and oxygen atoms in total. The smallest absolute Gasteiger partial charge is 0.241 e. The van der Waals surface area contributed by atoms with Crippen LogP contribution in [-0.4, -0.2) is 35.2 Å². The second kappa shape index (κ2) is 7.44. The molecule has 0 radical (unpaired) electrons. The number of nitrogens with one attached hydrogen (secondary N) is 2. The molecule has 2 amide bonds. The van der Waals surface area contributed by atoms with Gasteiger partial charge in [-0.1, -0.05) is 41.4 Å². The summed E-state index contributed by atoms with van der Waals surface area (Å²) in [6.07, 6.45) is 3.36. The largest absolute Gasteiger partial charge is 0.360 e. The average Bonchev–Trinajstić information content (AvgIpc) is 3.40. The summed E-state index contributed by atoms with van der Waals surface area (Å²) in [6.45, 7) is 2.24. The number of imide groups is 1. The van der Waals surface area contributed by atoms with Crippen LogP contribution in [0.1, 0.15) is 5.56 Å². The normalized spacial score (nSPS) is 28.2. The van der Waals surface area contributed by atoms with Crippen LogP contribution >= 0.6 is 23.8 Å². The molecule has 0 aromatic heterocycles. The number of halogens is 1. The molecule has 2 N–H and O–H groups in total. The van der Waals surface area contributed by atoms with Crippen molar-refractivity contribution in [2.45, 2.75) is 18.6 Å². The molecule has 2 aromatic rings. The molecule has 3 heterocycles. The van der Waals surface area contributed by atoms with Gasteiger partial charge < -0.3 is 15.4 Å². The number of carbonyl (C=O) groups is 2. The van der Waals surface area contributed by atoms with Crippen LogP contribution in [0.5, 0.6) is 0 Å². The summed E-state index contributed by atoms with van der Waals surface area (Å²) in [5.41, 5.74) is 1.54. The van der Waals surface area contributed by atoms with Crippen molar-refractivity contribution in [2.24, 2.45) is 11.8 Å². The Balaban J connectivity index is 1.33. The van der Waals surface area contributed by atoms with E-state index in [2.05, 4.69) is 10.6 Å². The van der Waals surface area contributed by atoms with Gasteiger partial charge in [0.25, 0.3) is 0 Å². The lowest BCUT2D eigenvalue weighted by Gasteiger charge is -2.29. The molecule has 3 aliphatic heterocycles. The monoisotopic (exact) mass is 453 g/mol. The van der Waals surface area contributed by atoms with Gasteiger partial charge >= 0.3 is 0 Å². The first-order valence-corrected chi connectivity index (χ1v) is 10.8. The Morgan fingerprint density at radius 3 is 2.55 bits per heavy atom. The highest BCUT2D eigenvalue weighted by atomic mass is 35.5. The summed E-state index contributed by atoms with van der Waals surface area (Å²) < 4.78 is 6.14. The molecule has 0 saturated carbocycles. The molecule has 158 valence electrons. The molecule has 2 aromatic carbocycles. The SMILES string of the molecule is Cc1ccc(N2C(=O)[C@H]3[C@@H](C2=O)[C@@]2(CNC(=S)Nc4ccc(Cl)cc4)C=C[C@H]3O2)cc1. The summed E-state index contributed by atoms with van der Waals surface area (Å²) in [6, 6.07) is 14.6. The van der Waals surface area contributed by atoms with Gasteiger partial charge in [-0.15, -0.1) is 0 Å². The maximum Gasteiger partial charge on any atom is 0.241 e. The topological polar surface area (TPSA) is 70.7 Å². The Bertz CT molecular complexity index is 1100. The van der Waals surface area contributed by atoms with Crippen LogP contribution < -0.4 is 15.5 Å². The summed E-state index contributed by atoms with van der Waals surface area (Å²) in [4.78, 5) is 27.8. The van der Waals surface area contributed by atoms with Crippen LogP contribution in [0.2, 0.25) is 5.02 Å². The third-order valence-electron chi connectivity index (χ3n) is 6.07. The Morgan fingerprint density at radius 1 is 1.13 bits per heavy atom. The fraction of sp³-hybridized carbons (Fsp3) is 0.261. The fourth-order valence-electron chi connectivity index (χ4n) is 4.58. The molecule has 3 aliphatic rings. The number of carbonyl (C=O) groups excluding carboxylic acids is 2. The Kier molecular flexibility index (Phi) is 4.84. The number of hydrogen-bond donors (Lipinski definition) is 2. The molecular formula is C23H20ClN3O3S. The first kappa shape index (κ1) is 20.2. The van der Waals surface area contributed by atoms with Gasteiger partial charge in [0.15, 0.2) is 5.11 Å². The van der Waals surface area contributed by atoms with Crippen molar-refractivity contribution in [3.63, 3.8) is 0 Å². The minimum absolute atomic E-state index is 0.211. The van der Waals surface area contributed by atoms with Gasteiger partial charge in [-0.3, -0.25) is 9.59 Å². The molecule has 2 bridgehead atoms. The van der Waals surface area contributed by atoms with E-state index in [1.54, 1.807) is 24.3 Å². The molecule has 0 spiro atoms. The van der Waals surface area contributed by atoms with Crippen molar-refractivity contribution in [2.75, 3.05) is 16.8 Å². The Hall–Kier alpha value is -2.74. The first-order valence-electron chi connectivity index (χ1n) is 10.00. The highest BCUT2D eigenvalue weighted by molar-refractivity contribution is 7.80. The quantitative estimate of drug-likeness (QED) is 0.420. The molecule has 0 unspecified atom stereocenters. The van der Waals surface area contributed by atoms with Crippen LogP contribution in [0.4, 0.5) is 11.4 Å². The number of anilines is 2. The second-order valence-electron chi connectivity index (χ2n) is 8.06. The fourth-order valence-corrected chi connectivity index (χ4v) is 4.90. The molecule has 31 heavy (non-hydrogen) atoms.